The van der Waals surface area contributed by atoms with Crippen LogP contribution in [-0.4, -0.2) is 53.6 Å². The smallest absolute Gasteiger partial charge is 0.318 e. The van der Waals surface area contributed by atoms with Gasteiger partial charge in [0.2, 0.25) is 5.91 Å². The number of piperidine rings is 1. The number of para-hydroxylation sites is 1. The highest BCUT2D eigenvalue weighted by molar-refractivity contribution is 5.99. The minimum atomic E-state index is -0.913. The van der Waals surface area contributed by atoms with E-state index in [1.165, 1.54) is 4.90 Å². The standard InChI is InChI=1S/C18H23N3O4/c1-18(16(23)24)9-11-20(12-18)17(25)19-14-8-5-10-21(15(14)22)13-6-3-2-4-7-13/h2-4,6-7,14H,5,8-12H2,1H3,(H,19,25)(H,23,24). The van der Waals surface area contributed by atoms with Crippen LogP contribution in [0.4, 0.5) is 10.5 Å². The number of anilines is 1. The first-order valence-electron chi connectivity index (χ1n) is 8.56. The van der Waals surface area contributed by atoms with Gasteiger partial charge in [0.05, 0.1) is 5.41 Å². The fraction of sp³-hybridized carbons (Fsp3) is 0.500. The molecule has 2 heterocycles. The molecule has 3 rings (SSSR count). The maximum absolute atomic E-state index is 12.7. The summed E-state index contributed by atoms with van der Waals surface area (Å²) < 4.78 is 0. The number of nitrogens with one attached hydrogen (secondary N) is 1. The van der Waals surface area contributed by atoms with Gasteiger partial charge in [-0.2, -0.15) is 0 Å². The maximum atomic E-state index is 12.7. The molecule has 2 N–H and O–H groups in total. The van der Waals surface area contributed by atoms with E-state index in [1.54, 1.807) is 11.8 Å². The number of carboxylic acid groups (broad SMARTS) is 1. The summed E-state index contributed by atoms with van der Waals surface area (Å²) in [5, 5.41) is 12.1. The van der Waals surface area contributed by atoms with Gasteiger partial charge >= 0.3 is 12.0 Å². The van der Waals surface area contributed by atoms with E-state index < -0.39 is 17.4 Å². The second-order valence-corrected chi connectivity index (χ2v) is 7.01. The van der Waals surface area contributed by atoms with Crippen molar-refractivity contribution < 1.29 is 19.5 Å². The lowest BCUT2D eigenvalue weighted by Gasteiger charge is -2.33. The Morgan fingerprint density at radius 3 is 2.60 bits per heavy atom. The number of carbonyl (C=O) groups excluding carboxylic acids is 2. The molecule has 2 unspecified atom stereocenters. The monoisotopic (exact) mass is 345 g/mol. The molecule has 0 aromatic heterocycles. The van der Waals surface area contributed by atoms with Crippen LogP contribution in [0.15, 0.2) is 30.3 Å². The van der Waals surface area contributed by atoms with E-state index in [0.29, 0.717) is 25.9 Å². The summed E-state index contributed by atoms with van der Waals surface area (Å²) in [4.78, 5) is 39.7. The van der Waals surface area contributed by atoms with Crippen LogP contribution in [0.25, 0.3) is 0 Å². The van der Waals surface area contributed by atoms with Crippen molar-refractivity contribution in [1.82, 2.24) is 10.2 Å². The van der Waals surface area contributed by atoms with Gasteiger partial charge in [0.15, 0.2) is 0 Å². The summed E-state index contributed by atoms with van der Waals surface area (Å²) >= 11 is 0. The highest BCUT2D eigenvalue weighted by Crippen LogP contribution is 2.30. The van der Waals surface area contributed by atoms with E-state index in [-0.39, 0.29) is 18.5 Å². The number of benzene rings is 1. The molecule has 25 heavy (non-hydrogen) atoms. The first-order valence-corrected chi connectivity index (χ1v) is 8.56. The number of hydrogen-bond acceptors (Lipinski definition) is 3. The molecule has 3 amide bonds. The molecule has 2 aliphatic heterocycles. The third kappa shape index (κ3) is 3.45. The van der Waals surface area contributed by atoms with Gasteiger partial charge in [-0.3, -0.25) is 9.59 Å². The molecule has 7 nitrogen and oxygen atoms in total. The molecule has 2 aliphatic rings. The summed E-state index contributed by atoms with van der Waals surface area (Å²) in [6.07, 6.45) is 1.82. The second-order valence-electron chi connectivity index (χ2n) is 7.01. The van der Waals surface area contributed by atoms with E-state index in [4.69, 9.17) is 0 Å². The molecule has 0 aliphatic carbocycles. The SMILES string of the molecule is CC1(C(=O)O)CCN(C(=O)NC2CCCN(c3ccccc3)C2=O)C1. The molecule has 0 spiro atoms. The minimum Gasteiger partial charge on any atom is -0.481 e. The Balaban J connectivity index is 1.64. The van der Waals surface area contributed by atoms with Gasteiger partial charge in [-0.25, -0.2) is 4.79 Å². The summed E-state index contributed by atoms with van der Waals surface area (Å²) in [6.45, 7) is 2.83. The van der Waals surface area contributed by atoms with E-state index in [2.05, 4.69) is 5.32 Å². The van der Waals surface area contributed by atoms with E-state index in [0.717, 1.165) is 12.1 Å². The average molecular weight is 345 g/mol. The molecule has 0 bridgehead atoms. The predicted molar refractivity (Wildman–Crippen MR) is 92.3 cm³/mol. The number of carbonyl (C=O) groups is 3. The fourth-order valence-corrected chi connectivity index (χ4v) is 3.42. The Labute approximate surface area is 146 Å². The van der Waals surface area contributed by atoms with Gasteiger partial charge in [-0.05, 0) is 38.3 Å². The quantitative estimate of drug-likeness (QED) is 0.872. The Morgan fingerprint density at radius 2 is 1.96 bits per heavy atom. The molecule has 0 saturated carbocycles. The molecule has 2 saturated heterocycles. The third-order valence-electron chi connectivity index (χ3n) is 5.08. The van der Waals surface area contributed by atoms with Gasteiger partial charge in [-0.1, -0.05) is 18.2 Å². The number of rotatable bonds is 3. The van der Waals surface area contributed by atoms with Crippen LogP contribution >= 0.6 is 0 Å². The third-order valence-corrected chi connectivity index (χ3v) is 5.08. The number of hydrogen-bond donors (Lipinski definition) is 2. The van der Waals surface area contributed by atoms with Crippen molar-refractivity contribution in [2.24, 2.45) is 5.41 Å². The predicted octanol–water partition coefficient (Wildman–Crippen LogP) is 1.69. The van der Waals surface area contributed by atoms with Gasteiger partial charge in [0.25, 0.3) is 0 Å². The Kier molecular flexibility index (Phi) is 4.65. The lowest BCUT2D eigenvalue weighted by molar-refractivity contribution is -0.147. The van der Waals surface area contributed by atoms with Crippen LogP contribution in [0.5, 0.6) is 0 Å². The Bertz CT molecular complexity index is 678. The summed E-state index contributed by atoms with van der Waals surface area (Å²) in [5.41, 5.74) is -0.0876. The van der Waals surface area contributed by atoms with Gasteiger partial charge < -0.3 is 20.2 Å². The van der Waals surface area contributed by atoms with Crippen LogP contribution in [0.1, 0.15) is 26.2 Å². The largest absolute Gasteiger partial charge is 0.481 e. The Morgan fingerprint density at radius 1 is 1.24 bits per heavy atom. The van der Waals surface area contributed by atoms with Crippen molar-refractivity contribution in [2.75, 3.05) is 24.5 Å². The topological polar surface area (TPSA) is 89.9 Å². The van der Waals surface area contributed by atoms with E-state index in [1.807, 2.05) is 30.3 Å². The number of carboxylic acids is 1. The normalized spacial score (nSPS) is 26.6. The molecule has 0 radical (unpaired) electrons. The van der Waals surface area contributed by atoms with E-state index >= 15 is 0 Å². The van der Waals surface area contributed by atoms with Crippen molar-refractivity contribution in [1.29, 1.82) is 0 Å². The summed E-state index contributed by atoms with van der Waals surface area (Å²) in [6, 6.07) is 8.46. The van der Waals surface area contributed by atoms with Gasteiger partial charge in [-0.15, -0.1) is 0 Å². The molecule has 2 atom stereocenters. The molecule has 1 aromatic carbocycles. The summed E-state index contributed by atoms with van der Waals surface area (Å²) in [7, 11) is 0. The maximum Gasteiger partial charge on any atom is 0.318 e. The lowest BCUT2D eigenvalue weighted by atomic mass is 9.90. The van der Waals surface area contributed by atoms with Crippen LogP contribution in [0.2, 0.25) is 0 Å². The highest BCUT2D eigenvalue weighted by Gasteiger charge is 2.43. The molecular formula is C18H23N3O4. The number of amides is 3. The average Bonchev–Trinajstić information content (AvgIpc) is 3.01. The zero-order chi connectivity index (χ0) is 18.0. The first kappa shape index (κ1) is 17.3. The first-order chi connectivity index (χ1) is 11.9. The summed E-state index contributed by atoms with van der Waals surface area (Å²) in [5.74, 6) is -1.02. The van der Waals surface area contributed by atoms with E-state index in [9.17, 15) is 19.5 Å². The second kappa shape index (κ2) is 6.74. The number of urea groups is 1. The zero-order valence-electron chi connectivity index (χ0n) is 14.3. The zero-order valence-corrected chi connectivity index (χ0v) is 14.3. The highest BCUT2D eigenvalue weighted by atomic mass is 16.4. The van der Waals surface area contributed by atoms with Crippen molar-refractivity contribution in [3.63, 3.8) is 0 Å². The van der Waals surface area contributed by atoms with Gasteiger partial charge in [0, 0.05) is 25.3 Å². The van der Waals surface area contributed by atoms with Crippen LogP contribution in [0, 0.1) is 5.41 Å². The Hall–Kier alpha value is -2.57. The van der Waals surface area contributed by atoms with Crippen molar-refractivity contribution in [2.45, 2.75) is 32.2 Å². The number of nitrogens with zero attached hydrogens (tertiary/aromatic N) is 2. The fourth-order valence-electron chi connectivity index (χ4n) is 3.42. The molecule has 1 aromatic rings. The van der Waals surface area contributed by atoms with Crippen LogP contribution in [0.3, 0.4) is 0 Å². The lowest BCUT2D eigenvalue weighted by Crippen LogP contribution is -2.55. The molecular weight excluding hydrogens is 322 g/mol. The molecule has 2 fully saturated rings. The molecule has 7 heteroatoms. The minimum absolute atomic E-state index is 0.119. The molecule has 134 valence electrons. The van der Waals surface area contributed by atoms with Gasteiger partial charge in [0.1, 0.15) is 6.04 Å². The van der Waals surface area contributed by atoms with Crippen LogP contribution in [-0.2, 0) is 9.59 Å². The van der Waals surface area contributed by atoms with Crippen molar-refractivity contribution in [3.8, 4) is 0 Å². The van der Waals surface area contributed by atoms with Crippen molar-refractivity contribution in [3.05, 3.63) is 30.3 Å². The number of aliphatic carboxylic acids is 1. The van der Waals surface area contributed by atoms with Crippen molar-refractivity contribution >= 4 is 23.6 Å². The number of likely N-dealkylation sites (tertiary alicyclic amines) is 1. The van der Waals surface area contributed by atoms with Crippen LogP contribution < -0.4 is 10.2 Å².